The number of rotatable bonds is 2. The number of aliphatic imine (C=N–C) groups is 2. The molecule has 1 fully saturated rings. The molecule has 0 bridgehead atoms. The van der Waals surface area contributed by atoms with Crippen LogP contribution in [0.1, 0.15) is 5.56 Å². The van der Waals surface area contributed by atoms with Crippen LogP contribution in [0.15, 0.2) is 56.8 Å². The molecule has 1 aromatic carbocycles. The Balaban J connectivity index is 1.33. The minimum Gasteiger partial charge on any atom is -0.464 e. The Bertz CT molecular complexity index is 982. The van der Waals surface area contributed by atoms with E-state index in [4.69, 9.17) is 9.15 Å². The van der Waals surface area contributed by atoms with Crippen molar-refractivity contribution in [3.63, 3.8) is 0 Å². The Labute approximate surface area is 155 Å². The predicted octanol–water partition coefficient (Wildman–Crippen LogP) is 1.15. The number of carbonyl (C=O) groups is 1. The van der Waals surface area contributed by atoms with Gasteiger partial charge in [-0.1, -0.05) is 6.07 Å². The lowest BCUT2D eigenvalue weighted by molar-refractivity contribution is -0.130. The summed E-state index contributed by atoms with van der Waals surface area (Å²) in [6.07, 6.45) is 3.41. The van der Waals surface area contributed by atoms with Crippen LogP contribution >= 0.6 is 0 Å². The van der Waals surface area contributed by atoms with Gasteiger partial charge in [-0.15, -0.1) is 0 Å². The molecule has 8 nitrogen and oxygen atoms in total. The van der Waals surface area contributed by atoms with Gasteiger partial charge in [0, 0.05) is 49.9 Å². The summed E-state index contributed by atoms with van der Waals surface area (Å²) >= 11 is 0. The summed E-state index contributed by atoms with van der Waals surface area (Å²) in [6, 6.07) is 7.46. The van der Waals surface area contributed by atoms with Gasteiger partial charge in [0.05, 0.1) is 12.8 Å². The number of guanidine groups is 1. The molecule has 8 heteroatoms. The van der Waals surface area contributed by atoms with Crippen molar-refractivity contribution in [3.8, 4) is 0 Å². The molecule has 0 unspecified atom stereocenters. The van der Waals surface area contributed by atoms with Crippen molar-refractivity contribution in [2.75, 3.05) is 39.3 Å². The van der Waals surface area contributed by atoms with Gasteiger partial charge in [0.15, 0.2) is 11.7 Å². The summed E-state index contributed by atoms with van der Waals surface area (Å²) in [5.74, 6) is 0.882. The van der Waals surface area contributed by atoms with E-state index in [2.05, 4.69) is 25.1 Å². The van der Waals surface area contributed by atoms with Crippen LogP contribution in [0.5, 0.6) is 0 Å². The van der Waals surface area contributed by atoms with Crippen molar-refractivity contribution in [2.45, 2.75) is 0 Å². The van der Waals surface area contributed by atoms with E-state index in [-0.39, 0.29) is 0 Å². The van der Waals surface area contributed by atoms with Gasteiger partial charge in [-0.3, -0.25) is 4.99 Å². The molecule has 3 aliphatic rings. The van der Waals surface area contributed by atoms with Crippen molar-refractivity contribution < 1.29 is 13.9 Å². The number of hydrogen-bond donors (Lipinski definition) is 1. The molecular weight excluding hydrogens is 346 g/mol. The first kappa shape index (κ1) is 15.9. The van der Waals surface area contributed by atoms with E-state index in [1.807, 2.05) is 24.3 Å². The quantitative estimate of drug-likeness (QED) is 0.635. The molecule has 27 heavy (non-hydrogen) atoms. The molecule has 4 heterocycles. The lowest BCUT2D eigenvalue weighted by Crippen LogP contribution is -2.50. The van der Waals surface area contributed by atoms with Crippen LogP contribution in [0, 0.1) is 0 Å². The topological polar surface area (TPSA) is 82.7 Å². The third-order valence-corrected chi connectivity index (χ3v) is 4.92. The zero-order chi connectivity index (χ0) is 18.2. The van der Waals surface area contributed by atoms with Crippen LogP contribution in [0.3, 0.4) is 0 Å². The number of cyclic esters (lactones) is 1. The molecule has 0 saturated carbocycles. The van der Waals surface area contributed by atoms with E-state index >= 15 is 0 Å². The second kappa shape index (κ2) is 6.46. The van der Waals surface area contributed by atoms with E-state index in [1.165, 1.54) is 0 Å². The molecule has 5 rings (SSSR count). The maximum Gasteiger partial charge on any atom is 0.365 e. The molecule has 0 aliphatic carbocycles. The molecule has 3 aliphatic heterocycles. The highest BCUT2D eigenvalue weighted by Crippen LogP contribution is 2.25. The largest absolute Gasteiger partial charge is 0.464 e. The fraction of sp³-hybridized carbons (Fsp3) is 0.316. The zero-order valence-corrected chi connectivity index (χ0v) is 14.7. The fourth-order valence-corrected chi connectivity index (χ4v) is 3.53. The fourth-order valence-electron chi connectivity index (χ4n) is 3.53. The maximum atomic E-state index is 12.3. The lowest BCUT2D eigenvalue weighted by atomic mass is 10.1. The molecule has 138 valence electrons. The van der Waals surface area contributed by atoms with Crippen molar-refractivity contribution in [1.82, 2.24) is 15.1 Å². The number of nitrogens with one attached hydrogen (secondary N) is 1. The summed E-state index contributed by atoms with van der Waals surface area (Å²) in [7, 11) is 0. The van der Waals surface area contributed by atoms with Crippen LogP contribution in [-0.2, 0) is 9.53 Å². The lowest BCUT2D eigenvalue weighted by Gasteiger charge is -2.35. The normalized spacial score (nSPS) is 21.5. The molecule has 0 atom stereocenters. The summed E-state index contributed by atoms with van der Waals surface area (Å²) < 4.78 is 10.8. The monoisotopic (exact) mass is 365 g/mol. The average molecular weight is 365 g/mol. The number of ether oxygens (including phenoxy) is 1. The van der Waals surface area contributed by atoms with Crippen LogP contribution in [0.2, 0.25) is 0 Å². The molecule has 1 N–H and O–H groups in total. The highest BCUT2D eigenvalue weighted by atomic mass is 16.6. The molecule has 0 amide bonds. The highest BCUT2D eigenvalue weighted by molar-refractivity contribution is 6.15. The third-order valence-electron chi connectivity index (χ3n) is 4.92. The van der Waals surface area contributed by atoms with Gasteiger partial charge in [0.1, 0.15) is 5.58 Å². The van der Waals surface area contributed by atoms with E-state index < -0.39 is 5.97 Å². The second-order valence-electron chi connectivity index (χ2n) is 6.61. The van der Waals surface area contributed by atoms with Crippen LogP contribution in [0.25, 0.3) is 11.0 Å². The van der Waals surface area contributed by atoms with E-state index in [9.17, 15) is 4.79 Å². The number of hydrogen-bond acceptors (Lipinski definition) is 8. The van der Waals surface area contributed by atoms with Crippen molar-refractivity contribution in [2.24, 2.45) is 9.98 Å². The first-order valence-corrected chi connectivity index (χ1v) is 9.04. The zero-order valence-electron chi connectivity index (χ0n) is 14.7. The number of furan rings is 1. The Morgan fingerprint density at radius 1 is 1.15 bits per heavy atom. The van der Waals surface area contributed by atoms with E-state index in [0.717, 1.165) is 61.8 Å². The van der Waals surface area contributed by atoms with E-state index in [1.54, 1.807) is 12.5 Å². The number of fused-ring (bicyclic) bond motifs is 1. The SMILES string of the molecule is O=C1OC(c2cccc3occc23)=NC1=CN1CCN(C2=NCCN2)CC1. The molecule has 1 aromatic heterocycles. The van der Waals surface area contributed by atoms with Crippen molar-refractivity contribution in [3.05, 3.63) is 48.0 Å². The minimum absolute atomic E-state index is 0.321. The average Bonchev–Trinajstić information content (AvgIpc) is 3.43. The third kappa shape index (κ3) is 2.92. The predicted molar refractivity (Wildman–Crippen MR) is 100 cm³/mol. The molecular formula is C19H19N5O3. The second-order valence-corrected chi connectivity index (χ2v) is 6.61. The number of carbonyl (C=O) groups excluding carboxylic acids is 1. The minimum atomic E-state index is -0.422. The maximum absolute atomic E-state index is 12.3. The van der Waals surface area contributed by atoms with Gasteiger partial charge < -0.3 is 24.3 Å². The summed E-state index contributed by atoms with van der Waals surface area (Å²) in [5, 5.41) is 4.17. The van der Waals surface area contributed by atoms with Crippen LogP contribution in [-0.4, -0.2) is 66.9 Å². The Morgan fingerprint density at radius 3 is 2.85 bits per heavy atom. The number of benzene rings is 1. The van der Waals surface area contributed by atoms with Gasteiger partial charge in [-0.25, -0.2) is 9.79 Å². The first-order valence-electron chi connectivity index (χ1n) is 9.04. The van der Waals surface area contributed by atoms with Crippen molar-refractivity contribution >= 4 is 28.8 Å². The Morgan fingerprint density at radius 2 is 2.04 bits per heavy atom. The summed E-state index contributed by atoms with van der Waals surface area (Å²) in [5.41, 5.74) is 1.83. The van der Waals surface area contributed by atoms with Crippen molar-refractivity contribution in [1.29, 1.82) is 0 Å². The van der Waals surface area contributed by atoms with Gasteiger partial charge in [-0.2, -0.15) is 0 Å². The van der Waals surface area contributed by atoms with Crippen LogP contribution in [0.4, 0.5) is 0 Å². The number of piperazine rings is 1. The summed E-state index contributed by atoms with van der Waals surface area (Å²) in [4.78, 5) is 25.5. The van der Waals surface area contributed by atoms with E-state index in [0.29, 0.717) is 11.6 Å². The number of nitrogens with zero attached hydrogens (tertiary/aromatic N) is 4. The van der Waals surface area contributed by atoms with Gasteiger partial charge >= 0.3 is 5.97 Å². The summed E-state index contributed by atoms with van der Waals surface area (Å²) in [6.45, 7) is 5.07. The Hall–Kier alpha value is -3.29. The van der Waals surface area contributed by atoms with Crippen LogP contribution < -0.4 is 5.32 Å². The van der Waals surface area contributed by atoms with Gasteiger partial charge in [0.25, 0.3) is 0 Å². The standard InChI is InChI=1S/C19H19N5O3/c25-18-15(12-23-7-9-24(10-8-23)19-20-5-6-21-19)22-17(27-18)14-2-1-3-16-13(14)4-11-26-16/h1-4,11-12H,5-10H2,(H,20,21). The smallest absolute Gasteiger partial charge is 0.365 e. The highest BCUT2D eigenvalue weighted by Gasteiger charge is 2.27. The molecule has 0 radical (unpaired) electrons. The Kier molecular flexibility index (Phi) is 3.81. The first-order chi connectivity index (χ1) is 13.3. The van der Waals surface area contributed by atoms with Gasteiger partial charge in [-0.05, 0) is 18.2 Å². The molecule has 0 spiro atoms. The molecule has 2 aromatic rings. The number of esters is 1. The van der Waals surface area contributed by atoms with Gasteiger partial charge in [0.2, 0.25) is 5.90 Å². The molecule has 1 saturated heterocycles.